The van der Waals surface area contributed by atoms with Gasteiger partial charge in [-0.2, -0.15) is 0 Å². The number of anilines is 1. The fourth-order valence-corrected chi connectivity index (χ4v) is 4.68. The molecule has 1 aliphatic rings. The Morgan fingerprint density at radius 2 is 1.94 bits per heavy atom. The first-order valence-electron chi connectivity index (χ1n) is 10.2. The van der Waals surface area contributed by atoms with E-state index in [0.29, 0.717) is 23.3 Å². The van der Waals surface area contributed by atoms with Crippen molar-refractivity contribution >= 4 is 34.4 Å². The highest BCUT2D eigenvalue weighted by atomic mass is 32.2. The number of amides is 1. The van der Waals surface area contributed by atoms with Crippen molar-refractivity contribution in [3.05, 3.63) is 70.3 Å². The molecule has 0 atom stereocenters. The molecular formula is C23H21N5O2S. The van der Waals surface area contributed by atoms with Crippen LogP contribution in [0, 0.1) is 6.92 Å². The fourth-order valence-electron chi connectivity index (χ4n) is 3.73. The molecule has 31 heavy (non-hydrogen) atoms. The zero-order valence-corrected chi connectivity index (χ0v) is 18.1. The number of benzene rings is 1. The van der Waals surface area contributed by atoms with Crippen molar-refractivity contribution in [3.63, 3.8) is 0 Å². The third-order valence-electron chi connectivity index (χ3n) is 5.39. The zero-order valence-electron chi connectivity index (χ0n) is 17.3. The first-order valence-corrected chi connectivity index (χ1v) is 11.1. The van der Waals surface area contributed by atoms with E-state index in [2.05, 4.69) is 26.0 Å². The number of aromatic nitrogens is 4. The molecule has 0 fully saturated rings. The number of imidazole rings is 1. The Bertz CT molecular complexity index is 1350. The van der Waals surface area contributed by atoms with E-state index in [-0.39, 0.29) is 11.0 Å². The average Bonchev–Trinajstić information content (AvgIpc) is 3.37. The molecule has 0 radical (unpaired) electrons. The maximum Gasteiger partial charge on any atom is 0.261 e. The highest BCUT2D eigenvalue weighted by molar-refractivity contribution is 7.99. The molecule has 0 unspecified atom stereocenters. The normalized spacial score (nSPS) is 12.8. The van der Waals surface area contributed by atoms with Crippen molar-refractivity contribution in [2.75, 3.05) is 11.1 Å². The van der Waals surface area contributed by atoms with Crippen LogP contribution in [0.5, 0.6) is 0 Å². The maximum atomic E-state index is 12.9. The van der Waals surface area contributed by atoms with Crippen LogP contribution in [0.15, 0.2) is 58.7 Å². The topological polar surface area (TPSA) is 81.8 Å². The van der Waals surface area contributed by atoms with Gasteiger partial charge in [0, 0.05) is 48.2 Å². The van der Waals surface area contributed by atoms with Gasteiger partial charge in [0.15, 0.2) is 5.16 Å². The lowest BCUT2D eigenvalue weighted by Gasteiger charge is -2.12. The van der Waals surface area contributed by atoms with E-state index in [1.54, 1.807) is 30.1 Å². The summed E-state index contributed by atoms with van der Waals surface area (Å²) in [5.74, 6) is 0.636. The van der Waals surface area contributed by atoms with Gasteiger partial charge < -0.3 is 14.5 Å². The average molecular weight is 432 g/mol. The van der Waals surface area contributed by atoms with Crippen molar-refractivity contribution in [1.82, 2.24) is 19.1 Å². The molecular weight excluding hydrogens is 410 g/mol. The van der Waals surface area contributed by atoms with Crippen molar-refractivity contribution in [1.29, 1.82) is 0 Å². The van der Waals surface area contributed by atoms with Crippen molar-refractivity contribution in [2.24, 2.45) is 0 Å². The lowest BCUT2D eigenvalue weighted by Crippen LogP contribution is -2.24. The first-order chi connectivity index (χ1) is 15.0. The number of aryl methyl sites for hydroxylation is 3. The Balaban J connectivity index is 1.42. The number of rotatable bonds is 4. The summed E-state index contributed by atoms with van der Waals surface area (Å²) in [6.45, 7) is 5.43. The van der Waals surface area contributed by atoms with Crippen molar-refractivity contribution in [3.8, 4) is 11.3 Å². The summed E-state index contributed by atoms with van der Waals surface area (Å²) >= 11 is 1.76. The first kappa shape index (κ1) is 19.6. The molecule has 156 valence electrons. The molecule has 5 rings (SSSR count). The largest absolute Gasteiger partial charge is 0.332 e. The predicted octanol–water partition coefficient (Wildman–Crippen LogP) is 3.95. The third kappa shape index (κ3) is 3.53. The molecule has 0 saturated carbocycles. The summed E-state index contributed by atoms with van der Waals surface area (Å²) in [6.07, 6.45) is 3.64. The van der Waals surface area contributed by atoms with Crippen LogP contribution in [-0.4, -0.2) is 30.8 Å². The molecule has 1 N–H and O–H groups in total. The minimum atomic E-state index is -0.431. The number of fused-ring (bicyclic) bond motifs is 2. The van der Waals surface area contributed by atoms with Crippen LogP contribution in [0.2, 0.25) is 0 Å². The standard InChI is InChI=1S/C23H21N5O2S/c1-3-27-12-18(20(29)17-9-4-14(2)24-21(17)27)22(30)25-16-7-5-15(6-8-16)19-13-28-10-11-31-23(28)26-19/h4-9,12-13H,3,10-11H2,1-2H3,(H,25,30). The van der Waals surface area contributed by atoms with Crippen LogP contribution in [-0.2, 0) is 13.1 Å². The number of pyridine rings is 2. The molecule has 8 heteroatoms. The SMILES string of the molecule is CCn1cc(C(=O)Nc2ccc(-c3cn4c(n3)SCC4)cc2)c(=O)c2ccc(C)nc21. The number of carbonyl (C=O) groups is 1. The number of nitrogens with one attached hydrogen (secondary N) is 1. The summed E-state index contributed by atoms with van der Waals surface area (Å²) in [4.78, 5) is 34.9. The van der Waals surface area contributed by atoms with E-state index in [1.807, 2.05) is 42.7 Å². The molecule has 4 heterocycles. The highest BCUT2D eigenvalue weighted by Gasteiger charge is 2.17. The number of thioether (sulfide) groups is 1. The molecule has 1 amide bonds. The van der Waals surface area contributed by atoms with Gasteiger partial charge in [-0.3, -0.25) is 9.59 Å². The van der Waals surface area contributed by atoms with Crippen molar-refractivity contribution < 1.29 is 4.79 Å². The van der Waals surface area contributed by atoms with Crippen LogP contribution >= 0.6 is 11.8 Å². The van der Waals surface area contributed by atoms with Gasteiger partial charge in [-0.05, 0) is 38.1 Å². The Morgan fingerprint density at radius 3 is 2.68 bits per heavy atom. The summed E-state index contributed by atoms with van der Waals surface area (Å²) in [7, 11) is 0. The maximum absolute atomic E-state index is 12.9. The number of carbonyl (C=O) groups excluding carboxylic acids is 1. The quantitative estimate of drug-likeness (QED) is 0.529. The predicted molar refractivity (Wildman–Crippen MR) is 123 cm³/mol. The molecule has 0 bridgehead atoms. The van der Waals surface area contributed by atoms with E-state index in [4.69, 9.17) is 0 Å². The second-order valence-electron chi connectivity index (χ2n) is 7.46. The summed E-state index contributed by atoms with van der Waals surface area (Å²) in [5.41, 5.74) is 3.74. The summed E-state index contributed by atoms with van der Waals surface area (Å²) in [6, 6.07) is 11.0. The number of hydrogen-bond donors (Lipinski definition) is 1. The van der Waals surface area contributed by atoms with Crippen LogP contribution in [0.4, 0.5) is 5.69 Å². The van der Waals surface area contributed by atoms with E-state index in [9.17, 15) is 9.59 Å². The molecule has 0 spiro atoms. The number of hydrogen-bond acceptors (Lipinski definition) is 5. The molecule has 0 aliphatic carbocycles. The third-order valence-corrected chi connectivity index (χ3v) is 6.36. The van der Waals surface area contributed by atoms with E-state index in [0.717, 1.165) is 34.4 Å². The van der Waals surface area contributed by atoms with Gasteiger partial charge in [-0.25, -0.2) is 9.97 Å². The van der Waals surface area contributed by atoms with Gasteiger partial charge in [0.1, 0.15) is 11.2 Å². The molecule has 0 saturated heterocycles. The van der Waals surface area contributed by atoms with Crippen molar-refractivity contribution in [2.45, 2.75) is 32.1 Å². The Kier molecular flexibility index (Phi) is 4.86. The second-order valence-corrected chi connectivity index (χ2v) is 8.53. The van der Waals surface area contributed by atoms with Gasteiger partial charge in [0.25, 0.3) is 5.91 Å². The lowest BCUT2D eigenvalue weighted by atomic mass is 10.1. The van der Waals surface area contributed by atoms with E-state index in [1.165, 1.54) is 0 Å². The van der Waals surface area contributed by atoms with E-state index < -0.39 is 5.91 Å². The summed E-state index contributed by atoms with van der Waals surface area (Å²) < 4.78 is 3.99. The molecule has 1 aromatic carbocycles. The van der Waals surface area contributed by atoms with Gasteiger partial charge >= 0.3 is 0 Å². The van der Waals surface area contributed by atoms with Gasteiger partial charge in [-0.1, -0.05) is 23.9 Å². The van der Waals surface area contributed by atoms with Crippen LogP contribution in [0.25, 0.3) is 22.3 Å². The second kappa shape index (κ2) is 7.70. The lowest BCUT2D eigenvalue weighted by molar-refractivity contribution is 0.102. The van der Waals surface area contributed by atoms with Gasteiger partial charge in [0.05, 0.1) is 11.1 Å². The molecule has 4 aromatic rings. The Labute approximate surface area is 183 Å². The van der Waals surface area contributed by atoms with Crippen LogP contribution < -0.4 is 10.7 Å². The highest BCUT2D eigenvalue weighted by Crippen LogP contribution is 2.29. The van der Waals surface area contributed by atoms with Gasteiger partial charge in [0.2, 0.25) is 5.43 Å². The summed E-state index contributed by atoms with van der Waals surface area (Å²) in [5, 5.41) is 4.33. The smallest absolute Gasteiger partial charge is 0.261 e. The van der Waals surface area contributed by atoms with Gasteiger partial charge in [-0.15, -0.1) is 0 Å². The van der Waals surface area contributed by atoms with E-state index >= 15 is 0 Å². The van der Waals surface area contributed by atoms with Crippen LogP contribution in [0.1, 0.15) is 23.0 Å². The fraction of sp³-hybridized carbons (Fsp3) is 0.217. The Hall–Kier alpha value is -3.39. The molecule has 7 nitrogen and oxygen atoms in total. The zero-order chi connectivity index (χ0) is 21.5. The number of nitrogens with zero attached hydrogens (tertiary/aromatic N) is 4. The molecule has 1 aliphatic heterocycles. The molecule has 3 aromatic heterocycles. The minimum absolute atomic E-state index is 0.103. The Morgan fingerprint density at radius 1 is 1.13 bits per heavy atom. The minimum Gasteiger partial charge on any atom is -0.332 e. The monoisotopic (exact) mass is 431 g/mol. The van der Waals surface area contributed by atoms with Crippen LogP contribution in [0.3, 0.4) is 0 Å².